The van der Waals surface area contributed by atoms with Crippen LogP contribution in [0.25, 0.3) is 11.1 Å². The Bertz CT molecular complexity index is 1320. The first-order valence-electron chi connectivity index (χ1n) is 18.1. The van der Waals surface area contributed by atoms with Gasteiger partial charge in [0.2, 0.25) is 0 Å². The minimum atomic E-state index is -0.432. The van der Waals surface area contributed by atoms with Gasteiger partial charge in [0.15, 0.2) is 0 Å². The normalized spacial score (nSPS) is 20.6. The second kappa shape index (κ2) is 20.6. The van der Waals surface area contributed by atoms with Crippen molar-refractivity contribution in [2.75, 3.05) is 21.3 Å². The molecule has 10 heteroatoms. The average molecular weight is 699 g/mol. The number of hydrogen-bond donors (Lipinski definition) is 4. The standard InChI is InChI=1S/C33H49N3O4.C6H12O2.CH5N/c1-33(2,3)40-32(37)22-6-12-28(13-7-22)35-20-25-18-23(8-16-30(25)38-4)24-9-17-31(39-5)26(19-24)21-36-29-14-10-27(34)11-15-29;1-5(7)8-6(2,3)4;1-2/h8-9,16-19,22,27-29,35-36H,6-7,10-15,20-21,34H2,1-5H3;1-4H3;2H2,1H3. The average Bonchev–Trinajstić information content (AvgIpc) is 3.06. The zero-order valence-electron chi connectivity index (χ0n) is 32.4. The highest BCUT2D eigenvalue weighted by Crippen LogP contribution is 2.32. The molecule has 0 heterocycles. The summed E-state index contributed by atoms with van der Waals surface area (Å²) in [7, 11) is 4.95. The molecule has 0 amide bonds. The van der Waals surface area contributed by atoms with Crippen molar-refractivity contribution in [3.05, 3.63) is 47.5 Å². The predicted molar refractivity (Wildman–Crippen MR) is 202 cm³/mol. The van der Waals surface area contributed by atoms with Crippen molar-refractivity contribution in [1.82, 2.24) is 10.6 Å². The molecule has 0 aromatic heterocycles. The van der Waals surface area contributed by atoms with Crippen LogP contribution in [0.2, 0.25) is 0 Å². The van der Waals surface area contributed by atoms with Crippen molar-refractivity contribution < 1.29 is 28.5 Å². The number of nitrogens with two attached hydrogens (primary N) is 2. The molecule has 0 atom stereocenters. The van der Waals surface area contributed by atoms with Gasteiger partial charge in [0.25, 0.3) is 0 Å². The van der Waals surface area contributed by atoms with Gasteiger partial charge in [-0.3, -0.25) is 9.59 Å². The number of methoxy groups -OCH3 is 2. The highest BCUT2D eigenvalue weighted by Gasteiger charge is 2.30. The summed E-state index contributed by atoms with van der Waals surface area (Å²) in [6.07, 6.45) is 8.08. The smallest absolute Gasteiger partial charge is 0.309 e. The summed E-state index contributed by atoms with van der Waals surface area (Å²) in [5.41, 5.74) is 14.4. The molecular formula is C40H66N4O6. The third kappa shape index (κ3) is 15.4. The highest BCUT2D eigenvalue weighted by molar-refractivity contribution is 5.73. The summed E-state index contributed by atoms with van der Waals surface area (Å²) < 4.78 is 21.8. The minimum Gasteiger partial charge on any atom is -0.496 e. The van der Waals surface area contributed by atoms with Crippen molar-refractivity contribution in [3.8, 4) is 22.6 Å². The Morgan fingerprint density at radius 1 is 0.680 bits per heavy atom. The Hall–Kier alpha value is -3.18. The van der Waals surface area contributed by atoms with E-state index in [1.807, 2.05) is 41.5 Å². The van der Waals surface area contributed by atoms with Crippen LogP contribution in [-0.4, -0.2) is 62.5 Å². The van der Waals surface area contributed by atoms with Crippen LogP contribution in [0.15, 0.2) is 36.4 Å². The Morgan fingerprint density at radius 3 is 1.42 bits per heavy atom. The molecule has 2 aliphatic rings. The van der Waals surface area contributed by atoms with Crippen molar-refractivity contribution in [1.29, 1.82) is 0 Å². The molecule has 0 aliphatic heterocycles. The van der Waals surface area contributed by atoms with Crippen LogP contribution in [-0.2, 0) is 32.2 Å². The lowest BCUT2D eigenvalue weighted by atomic mass is 9.86. The molecule has 2 aliphatic carbocycles. The third-order valence-corrected chi connectivity index (χ3v) is 8.75. The number of hydrogen-bond acceptors (Lipinski definition) is 10. The first-order chi connectivity index (χ1) is 23.6. The van der Waals surface area contributed by atoms with E-state index in [1.54, 1.807) is 14.2 Å². The maximum absolute atomic E-state index is 12.5. The quantitative estimate of drug-likeness (QED) is 0.199. The number of carbonyl (C=O) groups excluding carboxylic acids is 2. The van der Waals surface area contributed by atoms with Gasteiger partial charge in [-0.05, 0) is 135 Å². The molecule has 0 bridgehead atoms. The fourth-order valence-corrected chi connectivity index (χ4v) is 6.37. The molecule has 10 nitrogen and oxygen atoms in total. The first-order valence-corrected chi connectivity index (χ1v) is 18.1. The summed E-state index contributed by atoms with van der Waals surface area (Å²) in [6, 6.07) is 14.0. The van der Waals surface area contributed by atoms with Crippen LogP contribution in [0.5, 0.6) is 11.5 Å². The van der Waals surface area contributed by atoms with Gasteiger partial charge in [0.05, 0.1) is 20.1 Å². The number of esters is 2. The van der Waals surface area contributed by atoms with Gasteiger partial charge in [0, 0.05) is 49.3 Å². The van der Waals surface area contributed by atoms with E-state index in [4.69, 9.17) is 24.7 Å². The van der Waals surface area contributed by atoms with Gasteiger partial charge in [-0.25, -0.2) is 0 Å². The van der Waals surface area contributed by atoms with E-state index in [0.717, 1.165) is 91.7 Å². The van der Waals surface area contributed by atoms with E-state index >= 15 is 0 Å². The SMILES string of the molecule is CC(=O)OC(C)(C)C.CN.COc1ccc(-c2ccc(OC)c(CNC3CCC(C(=O)OC(C)(C)C)CC3)c2)cc1CNC1CCC(N)CC1. The van der Waals surface area contributed by atoms with Crippen LogP contribution in [0.3, 0.4) is 0 Å². The molecule has 0 spiro atoms. The summed E-state index contributed by atoms with van der Waals surface area (Å²) in [6.45, 7) is 14.2. The molecule has 2 saturated carbocycles. The second-order valence-electron chi connectivity index (χ2n) is 15.2. The second-order valence-corrected chi connectivity index (χ2v) is 15.2. The molecular weight excluding hydrogens is 632 g/mol. The first kappa shape index (κ1) is 43.0. The predicted octanol–water partition coefficient (Wildman–Crippen LogP) is 6.64. The van der Waals surface area contributed by atoms with E-state index in [0.29, 0.717) is 24.7 Å². The molecule has 2 aromatic carbocycles. The van der Waals surface area contributed by atoms with E-state index in [-0.39, 0.29) is 23.5 Å². The lowest BCUT2D eigenvalue weighted by molar-refractivity contribution is -0.161. The summed E-state index contributed by atoms with van der Waals surface area (Å²) in [4.78, 5) is 22.7. The maximum atomic E-state index is 12.5. The summed E-state index contributed by atoms with van der Waals surface area (Å²) >= 11 is 0. The van der Waals surface area contributed by atoms with Crippen molar-refractivity contribution in [3.63, 3.8) is 0 Å². The van der Waals surface area contributed by atoms with Gasteiger partial charge in [0.1, 0.15) is 22.7 Å². The number of nitrogens with one attached hydrogen (secondary N) is 2. The number of rotatable bonds is 10. The largest absolute Gasteiger partial charge is 0.496 e. The fraction of sp³-hybridized carbons (Fsp3) is 0.650. The number of ether oxygens (including phenoxy) is 4. The Kier molecular flexibility index (Phi) is 17.7. The van der Waals surface area contributed by atoms with Crippen LogP contribution in [0.1, 0.15) is 111 Å². The highest BCUT2D eigenvalue weighted by atomic mass is 16.6. The van der Waals surface area contributed by atoms with E-state index < -0.39 is 5.60 Å². The topological polar surface area (TPSA) is 147 Å². The zero-order valence-corrected chi connectivity index (χ0v) is 32.4. The molecule has 0 unspecified atom stereocenters. The lowest BCUT2D eigenvalue weighted by Crippen LogP contribution is -2.37. The van der Waals surface area contributed by atoms with Crippen molar-refractivity contribution >= 4 is 11.9 Å². The van der Waals surface area contributed by atoms with Gasteiger partial charge in [-0.15, -0.1) is 0 Å². The molecule has 4 rings (SSSR count). The van der Waals surface area contributed by atoms with Gasteiger partial charge in [-0.1, -0.05) is 12.1 Å². The van der Waals surface area contributed by atoms with E-state index in [1.165, 1.54) is 14.0 Å². The Morgan fingerprint density at radius 2 is 1.08 bits per heavy atom. The maximum Gasteiger partial charge on any atom is 0.309 e. The fourth-order valence-electron chi connectivity index (χ4n) is 6.37. The summed E-state index contributed by atoms with van der Waals surface area (Å²) in [5.74, 6) is 1.50. The van der Waals surface area contributed by atoms with Gasteiger partial charge in [-0.2, -0.15) is 0 Å². The van der Waals surface area contributed by atoms with Crippen molar-refractivity contribution in [2.24, 2.45) is 17.4 Å². The van der Waals surface area contributed by atoms with Crippen LogP contribution < -0.4 is 31.6 Å². The van der Waals surface area contributed by atoms with Crippen molar-refractivity contribution in [2.45, 2.75) is 142 Å². The van der Waals surface area contributed by atoms with E-state index in [9.17, 15) is 9.59 Å². The van der Waals surface area contributed by atoms with Gasteiger partial charge >= 0.3 is 11.9 Å². The molecule has 0 radical (unpaired) electrons. The third-order valence-electron chi connectivity index (χ3n) is 8.75. The molecule has 2 aromatic rings. The van der Waals surface area contributed by atoms with Crippen LogP contribution >= 0.6 is 0 Å². The van der Waals surface area contributed by atoms with Crippen LogP contribution in [0.4, 0.5) is 0 Å². The molecule has 6 N–H and O–H groups in total. The van der Waals surface area contributed by atoms with Gasteiger partial charge < -0.3 is 41.0 Å². The minimum absolute atomic E-state index is 0.00425. The molecule has 50 heavy (non-hydrogen) atoms. The monoisotopic (exact) mass is 698 g/mol. The molecule has 282 valence electrons. The number of benzene rings is 2. The number of carbonyl (C=O) groups is 2. The molecule has 2 fully saturated rings. The Labute approximate surface area is 301 Å². The lowest BCUT2D eigenvalue weighted by Gasteiger charge is -2.30. The zero-order chi connectivity index (χ0) is 37.5. The van der Waals surface area contributed by atoms with Crippen LogP contribution in [0, 0.1) is 5.92 Å². The Balaban J connectivity index is 0.000000763. The molecule has 0 saturated heterocycles. The summed E-state index contributed by atoms with van der Waals surface area (Å²) in [5, 5.41) is 7.44. The van der Waals surface area contributed by atoms with E-state index in [2.05, 4.69) is 52.8 Å².